The van der Waals surface area contributed by atoms with Gasteiger partial charge >= 0.3 is 29.6 Å². The molecular weight excluding hydrogens is 169 g/mol. The van der Waals surface area contributed by atoms with Crippen molar-refractivity contribution in [1.29, 1.82) is 0 Å². The molecule has 54 valence electrons. The van der Waals surface area contributed by atoms with Crippen LogP contribution in [0.2, 0.25) is 0 Å². The molecule has 0 unspecified atom stereocenters. The van der Waals surface area contributed by atoms with E-state index in [1.165, 1.54) is 0 Å². The van der Waals surface area contributed by atoms with Crippen molar-refractivity contribution in [1.82, 2.24) is 0 Å². The number of anilines is 1. The van der Waals surface area contributed by atoms with Crippen molar-refractivity contribution < 1.29 is 35.8 Å². The van der Waals surface area contributed by atoms with E-state index in [1.807, 2.05) is 0 Å². The maximum absolute atomic E-state index is 10.3. The van der Waals surface area contributed by atoms with Crippen LogP contribution in [0.3, 0.4) is 0 Å². The molecule has 0 aliphatic carbocycles. The minimum absolute atomic E-state index is 0. The number of aldehydes is 1. The molecule has 0 amide bonds. The van der Waals surface area contributed by atoms with Crippen molar-refractivity contribution in [2.45, 2.75) is 4.90 Å². The Morgan fingerprint density at radius 1 is 1.55 bits per heavy atom. The predicted molar refractivity (Wildman–Crippen MR) is 44.6 cm³/mol. The quantitative estimate of drug-likeness (QED) is 0.237. The largest absolute Gasteiger partial charge is 1.00 e. The molecule has 0 heterocycles. The third-order valence-electron chi connectivity index (χ3n) is 1.20. The molecule has 1 aromatic carbocycles. The molecule has 0 saturated heterocycles. The summed E-state index contributed by atoms with van der Waals surface area (Å²) < 4.78 is 0. The van der Waals surface area contributed by atoms with E-state index in [4.69, 9.17) is 5.73 Å². The van der Waals surface area contributed by atoms with E-state index >= 15 is 0 Å². The van der Waals surface area contributed by atoms with Crippen LogP contribution in [0.15, 0.2) is 23.1 Å². The summed E-state index contributed by atoms with van der Waals surface area (Å²) in [5, 5.41) is 0. The molecule has 0 saturated carbocycles. The molecule has 0 radical (unpaired) electrons. The summed E-state index contributed by atoms with van der Waals surface area (Å²) in [5.41, 5.74) is 6.42. The fourth-order valence-corrected chi connectivity index (χ4v) is 0.878. The zero-order valence-corrected chi connectivity index (χ0v) is 9.14. The summed E-state index contributed by atoms with van der Waals surface area (Å²) in [4.78, 5) is 11.0. The first-order chi connectivity index (χ1) is 4.74. The first-order valence-corrected chi connectivity index (χ1v) is 3.22. The number of hydrogen-bond donors (Lipinski definition) is 2. The summed E-state index contributed by atoms with van der Waals surface area (Å²) in [7, 11) is 0. The molecule has 0 aromatic heterocycles. The molecule has 0 atom stereocenters. The standard InChI is InChI=1S/C7H7NOS.Na.H/c8-7-2-1-6(10)3-5(7)4-9;;/h1-4,10H,8H2;;/q;+1;-1. The van der Waals surface area contributed by atoms with Crippen molar-refractivity contribution in [2.24, 2.45) is 0 Å². The van der Waals surface area contributed by atoms with Crippen LogP contribution in [0.5, 0.6) is 0 Å². The smallest absolute Gasteiger partial charge is 1.00 e. The van der Waals surface area contributed by atoms with Gasteiger partial charge < -0.3 is 7.16 Å². The number of carbonyl (C=O) groups excluding carboxylic acids is 1. The van der Waals surface area contributed by atoms with Crippen LogP contribution in [-0.4, -0.2) is 6.29 Å². The monoisotopic (exact) mass is 177 g/mol. The zero-order chi connectivity index (χ0) is 7.56. The Balaban J connectivity index is 0. The van der Waals surface area contributed by atoms with Crippen LogP contribution in [0.25, 0.3) is 0 Å². The van der Waals surface area contributed by atoms with Gasteiger partial charge in [0.25, 0.3) is 0 Å². The average Bonchev–Trinajstić information content (AvgIpc) is 1.94. The van der Waals surface area contributed by atoms with Crippen LogP contribution < -0.4 is 35.3 Å². The van der Waals surface area contributed by atoms with E-state index in [0.29, 0.717) is 11.3 Å². The van der Waals surface area contributed by atoms with Gasteiger partial charge in [-0.05, 0) is 18.2 Å². The Labute approximate surface area is 94.4 Å². The third kappa shape index (κ3) is 2.87. The third-order valence-corrected chi connectivity index (χ3v) is 1.48. The van der Waals surface area contributed by atoms with Crippen LogP contribution in [0.1, 0.15) is 11.8 Å². The zero-order valence-electron chi connectivity index (χ0n) is 7.24. The Hall–Kier alpha value is 0.0400. The van der Waals surface area contributed by atoms with E-state index in [1.54, 1.807) is 18.2 Å². The van der Waals surface area contributed by atoms with E-state index in [9.17, 15) is 4.79 Å². The van der Waals surface area contributed by atoms with E-state index in [2.05, 4.69) is 12.6 Å². The molecule has 0 aliphatic rings. The Morgan fingerprint density at radius 3 is 2.64 bits per heavy atom. The molecule has 4 heteroatoms. The van der Waals surface area contributed by atoms with Gasteiger partial charge in [0.1, 0.15) is 0 Å². The summed E-state index contributed by atoms with van der Waals surface area (Å²) in [6, 6.07) is 5.03. The van der Waals surface area contributed by atoms with Gasteiger partial charge in [0, 0.05) is 16.1 Å². The Morgan fingerprint density at radius 2 is 2.18 bits per heavy atom. The van der Waals surface area contributed by atoms with Crippen LogP contribution in [0, 0.1) is 0 Å². The fraction of sp³-hybridized carbons (Fsp3) is 0. The Kier molecular flexibility index (Phi) is 4.84. The maximum Gasteiger partial charge on any atom is 1.00 e. The van der Waals surface area contributed by atoms with Crippen LogP contribution >= 0.6 is 12.6 Å². The van der Waals surface area contributed by atoms with Gasteiger partial charge in [-0.3, -0.25) is 4.79 Å². The van der Waals surface area contributed by atoms with Gasteiger partial charge in [-0.15, -0.1) is 12.6 Å². The summed E-state index contributed by atoms with van der Waals surface area (Å²) in [6.45, 7) is 0. The maximum atomic E-state index is 10.3. The van der Waals surface area contributed by atoms with Crippen molar-refractivity contribution in [3.05, 3.63) is 23.8 Å². The van der Waals surface area contributed by atoms with Crippen molar-refractivity contribution in [3.63, 3.8) is 0 Å². The van der Waals surface area contributed by atoms with Crippen molar-refractivity contribution >= 4 is 24.6 Å². The molecule has 2 nitrogen and oxygen atoms in total. The van der Waals surface area contributed by atoms with Crippen molar-refractivity contribution in [2.75, 3.05) is 5.73 Å². The number of nitrogens with two attached hydrogens (primary N) is 1. The Bertz CT molecular complexity index is 270. The van der Waals surface area contributed by atoms with Gasteiger partial charge in [-0.1, -0.05) is 0 Å². The SMILES string of the molecule is Nc1ccc(S)cc1C=O.[H-].[Na+]. The van der Waals surface area contributed by atoms with Crippen LogP contribution in [0.4, 0.5) is 5.69 Å². The second kappa shape index (κ2) is 4.83. The molecule has 1 rings (SSSR count). The van der Waals surface area contributed by atoms with Gasteiger partial charge in [-0.2, -0.15) is 0 Å². The number of benzene rings is 1. The second-order valence-corrected chi connectivity index (χ2v) is 2.45. The van der Waals surface area contributed by atoms with E-state index in [0.717, 1.165) is 11.2 Å². The van der Waals surface area contributed by atoms with Gasteiger partial charge in [-0.25, -0.2) is 0 Å². The van der Waals surface area contributed by atoms with Crippen molar-refractivity contribution in [3.8, 4) is 0 Å². The normalized spacial score (nSPS) is 8.45. The number of thiol groups is 1. The number of hydrogen-bond acceptors (Lipinski definition) is 3. The molecular formula is C7H8NNaOS. The molecule has 1 aromatic rings. The van der Waals surface area contributed by atoms with E-state index < -0.39 is 0 Å². The first kappa shape index (κ1) is 11.0. The molecule has 0 fully saturated rings. The summed E-state index contributed by atoms with van der Waals surface area (Å²) >= 11 is 4.04. The van der Waals surface area contributed by atoms with Crippen LogP contribution in [-0.2, 0) is 0 Å². The average molecular weight is 177 g/mol. The number of rotatable bonds is 1. The molecule has 0 spiro atoms. The summed E-state index contributed by atoms with van der Waals surface area (Å²) in [5.74, 6) is 0. The van der Waals surface area contributed by atoms with Gasteiger partial charge in [0.2, 0.25) is 0 Å². The van der Waals surface area contributed by atoms with Gasteiger partial charge in [0.15, 0.2) is 6.29 Å². The summed E-state index contributed by atoms with van der Waals surface area (Å²) in [6.07, 6.45) is 0.717. The topological polar surface area (TPSA) is 43.1 Å². The van der Waals surface area contributed by atoms with E-state index in [-0.39, 0.29) is 31.0 Å². The second-order valence-electron chi connectivity index (χ2n) is 1.93. The fourth-order valence-electron chi connectivity index (χ4n) is 0.664. The first-order valence-electron chi connectivity index (χ1n) is 2.77. The van der Waals surface area contributed by atoms with Gasteiger partial charge in [0.05, 0.1) is 0 Å². The minimum atomic E-state index is 0. The minimum Gasteiger partial charge on any atom is -1.00 e. The molecule has 0 bridgehead atoms. The molecule has 11 heavy (non-hydrogen) atoms. The predicted octanol–water partition coefficient (Wildman–Crippen LogP) is -1.51. The number of carbonyl (C=O) groups is 1. The number of nitrogen functional groups attached to an aromatic ring is 1. The molecule has 2 N–H and O–H groups in total. The molecule has 0 aliphatic heterocycles.